The number of benzene rings is 2. The lowest BCUT2D eigenvalue weighted by molar-refractivity contribution is 0.252. The molecule has 0 aromatic heterocycles. The summed E-state index contributed by atoms with van der Waals surface area (Å²) in [6.45, 7) is 0. The summed E-state index contributed by atoms with van der Waals surface area (Å²) in [5.74, 6) is -0.459. The molecule has 6 heteroatoms. The summed E-state index contributed by atoms with van der Waals surface area (Å²) in [6.07, 6.45) is 1.35. The first-order valence-corrected chi connectivity index (χ1v) is 5.82. The summed E-state index contributed by atoms with van der Waals surface area (Å²) < 4.78 is 0. The van der Waals surface area contributed by atoms with E-state index in [1.807, 2.05) is 6.07 Å². The van der Waals surface area contributed by atoms with Gasteiger partial charge in [0, 0.05) is 5.69 Å². The molecular formula is C14H13N3O3. The van der Waals surface area contributed by atoms with Gasteiger partial charge in [-0.1, -0.05) is 18.2 Å². The molecule has 2 rings (SSSR count). The smallest absolute Gasteiger partial charge is 0.339 e. The van der Waals surface area contributed by atoms with Crippen molar-refractivity contribution in [2.75, 3.05) is 5.32 Å². The van der Waals surface area contributed by atoms with Crippen LogP contribution in [0.3, 0.4) is 0 Å². The van der Waals surface area contributed by atoms with Crippen molar-refractivity contribution in [3.05, 3.63) is 54.1 Å². The number of aromatic hydroxyl groups is 2. The Bertz CT molecular complexity index is 627. The lowest BCUT2D eigenvalue weighted by Crippen LogP contribution is -2.24. The van der Waals surface area contributed by atoms with E-state index in [0.717, 1.165) is 0 Å². The molecule has 2 aromatic carbocycles. The predicted molar refractivity (Wildman–Crippen MR) is 76.0 cm³/mol. The van der Waals surface area contributed by atoms with E-state index in [-0.39, 0.29) is 11.5 Å². The van der Waals surface area contributed by atoms with E-state index in [1.165, 1.54) is 18.3 Å². The first-order chi connectivity index (χ1) is 9.65. The molecule has 20 heavy (non-hydrogen) atoms. The fourth-order valence-electron chi connectivity index (χ4n) is 1.47. The van der Waals surface area contributed by atoms with E-state index in [4.69, 9.17) is 5.11 Å². The fraction of sp³-hybridized carbons (Fsp3) is 0. The van der Waals surface area contributed by atoms with E-state index in [0.29, 0.717) is 11.3 Å². The van der Waals surface area contributed by atoms with Crippen LogP contribution in [0.15, 0.2) is 53.6 Å². The first-order valence-electron chi connectivity index (χ1n) is 5.82. The van der Waals surface area contributed by atoms with Crippen LogP contribution in [0.4, 0.5) is 10.5 Å². The molecule has 0 spiro atoms. The molecule has 102 valence electrons. The quantitative estimate of drug-likeness (QED) is 0.392. The van der Waals surface area contributed by atoms with E-state index >= 15 is 0 Å². The van der Waals surface area contributed by atoms with Gasteiger partial charge in [-0.3, -0.25) is 0 Å². The van der Waals surface area contributed by atoms with Crippen molar-refractivity contribution >= 4 is 17.9 Å². The molecule has 0 atom stereocenters. The molecule has 0 unspecified atom stereocenters. The number of para-hydroxylation sites is 1. The number of hydrogen-bond acceptors (Lipinski definition) is 4. The van der Waals surface area contributed by atoms with Crippen LogP contribution < -0.4 is 10.7 Å². The van der Waals surface area contributed by atoms with Crippen LogP contribution in [0.2, 0.25) is 0 Å². The van der Waals surface area contributed by atoms with Gasteiger partial charge in [-0.2, -0.15) is 5.10 Å². The standard InChI is InChI=1S/C14H13N3O3/c18-12-7-6-10(8-13(12)19)9-15-17-14(20)16-11-4-2-1-3-5-11/h1-9,18-19H,(H2,16,17,20)/b15-9+. The Balaban J connectivity index is 1.89. The van der Waals surface area contributed by atoms with Crippen molar-refractivity contribution in [1.29, 1.82) is 0 Å². The Morgan fingerprint density at radius 2 is 1.80 bits per heavy atom. The number of nitrogens with one attached hydrogen (secondary N) is 2. The molecule has 0 aliphatic rings. The molecule has 0 saturated heterocycles. The number of nitrogens with zero attached hydrogens (tertiary/aromatic N) is 1. The average molecular weight is 271 g/mol. The van der Waals surface area contributed by atoms with Crippen molar-refractivity contribution in [1.82, 2.24) is 5.43 Å². The zero-order chi connectivity index (χ0) is 14.4. The Labute approximate surface area is 115 Å². The second-order valence-electron chi connectivity index (χ2n) is 3.94. The minimum absolute atomic E-state index is 0.211. The van der Waals surface area contributed by atoms with Gasteiger partial charge in [-0.15, -0.1) is 0 Å². The minimum Gasteiger partial charge on any atom is -0.504 e. The van der Waals surface area contributed by atoms with E-state index in [9.17, 15) is 9.90 Å². The van der Waals surface area contributed by atoms with Gasteiger partial charge in [0.1, 0.15) is 0 Å². The van der Waals surface area contributed by atoms with Crippen molar-refractivity contribution in [3.8, 4) is 11.5 Å². The number of hydrazone groups is 1. The summed E-state index contributed by atoms with van der Waals surface area (Å²) in [6, 6.07) is 12.7. The van der Waals surface area contributed by atoms with Gasteiger partial charge in [0.05, 0.1) is 6.21 Å². The fourth-order valence-corrected chi connectivity index (χ4v) is 1.47. The van der Waals surface area contributed by atoms with Gasteiger partial charge in [0.2, 0.25) is 0 Å². The maximum Gasteiger partial charge on any atom is 0.339 e. The van der Waals surface area contributed by atoms with Gasteiger partial charge in [0.25, 0.3) is 0 Å². The molecule has 2 aromatic rings. The highest BCUT2D eigenvalue weighted by molar-refractivity contribution is 5.90. The maximum absolute atomic E-state index is 11.5. The van der Waals surface area contributed by atoms with Gasteiger partial charge < -0.3 is 15.5 Å². The van der Waals surface area contributed by atoms with Crippen molar-refractivity contribution in [2.45, 2.75) is 0 Å². The lowest BCUT2D eigenvalue weighted by Gasteiger charge is -2.03. The molecule has 2 amide bonds. The summed E-state index contributed by atoms with van der Waals surface area (Å²) >= 11 is 0. The number of anilines is 1. The normalized spacial score (nSPS) is 10.4. The van der Waals surface area contributed by atoms with Gasteiger partial charge >= 0.3 is 6.03 Å². The molecule has 0 fully saturated rings. The third kappa shape index (κ3) is 3.74. The van der Waals surface area contributed by atoms with Crippen molar-refractivity contribution in [2.24, 2.45) is 5.10 Å². The lowest BCUT2D eigenvalue weighted by atomic mass is 10.2. The molecule has 0 radical (unpaired) electrons. The summed E-state index contributed by atoms with van der Waals surface area (Å²) in [4.78, 5) is 11.5. The van der Waals surface area contributed by atoms with Gasteiger partial charge in [-0.25, -0.2) is 10.2 Å². The summed E-state index contributed by atoms with van der Waals surface area (Å²) in [7, 11) is 0. The van der Waals surface area contributed by atoms with E-state index in [2.05, 4.69) is 15.8 Å². The second kappa shape index (κ2) is 6.24. The van der Waals surface area contributed by atoms with Crippen LogP contribution >= 0.6 is 0 Å². The zero-order valence-corrected chi connectivity index (χ0v) is 10.4. The largest absolute Gasteiger partial charge is 0.504 e. The molecule has 0 heterocycles. The van der Waals surface area contributed by atoms with Crippen LogP contribution in [-0.4, -0.2) is 22.5 Å². The van der Waals surface area contributed by atoms with Crippen molar-refractivity contribution in [3.63, 3.8) is 0 Å². The molecule has 0 bridgehead atoms. The number of rotatable bonds is 3. The third-order valence-corrected chi connectivity index (χ3v) is 2.41. The number of urea groups is 1. The van der Waals surface area contributed by atoms with Gasteiger partial charge in [-0.05, 0) is 35.9 Å². The molecule has 0 saturated carbocycles. The van der Waals surface area contributed by atoms with Gasteiger partial charge in [0.15, 0.2) is 11.5 Å². The first kappa shape index (κ1) is 13.4. The predicted octanol–water partition coefficient (Wildman–Crippen LogP) is 2.25. The maximum atomic E-state index is 11.5. The number of carbonyl (C=O) groups is 1. The molecule has 0 aliphatic carbocycles. The Morgan fingerprint density at radius 3 is 2.50 bits per heavy atom. The highest BCUT2D eigenvalue weighted by Crippen LogP contribution is 2.23. The van der Waals surface area contributed by atoms with E-state index < -0.39 is 6.03 Å². The van der Waals surface area contributed by atoms with E-state index in [1.54, 1.807) is 30.3 Å². The molecule has 4 N–H and O–H groups in total. The molecule has 0 aliphatic heterocycles. The Kier molecular flexibility index (Phi) is 4.18. The summed E-state index contributed by atoms with van der Waals surface area (Å²) in [5, 5.41) is 24.8. The Hall–Kier alpha value is -3.02. The average Bonchev–Trinajstić information content (AvgIpc) is 2.44. The zero-order valence-electron chi connectivity index (χ0n) is 10.4. The monoisotopic (exact) mass is 271 g/mol. The molecule has 6 nitrogen and oxygen atoms in total. The number of phenolic OH excluding ortho intramolecular Hbond substituents is 2. The Morgan fingerprint density at radius 1 is 1.05 bits per heavy atom. The summed E-state index contributed by atoms with van der Waals surface area (Å²) in [5.41, 5.74) is 3.49. The highest BCUT2D eigenvalue weighted by atomic mass is 16.3. The number of hydrogen-bond donors (Lipinski definition) is 4. The minimum atomic E-state index is -0.476. The molecular weight excluding hydrogens is 258 g/mol. The topological polar surface area (TPSA) is 94.0 Å². The highest BCUT2D eigenvalue weighted by Gasteiger charge is 2.00. The van der Waals surface area contributed by atoms with Crippen LogP contribution in [0, 0.1) is 0 Å². The third-order valence-electron chi connectivity index (χ3n) is 2.41. The van der Waals surface area contributed by atoms with Crippen LogP contribution in [0.1, 0.15) is 5.56 Å². The SMILES string of the molecule is O=C(N/N=C/c1ccc(O)c(O)c1)Nc1ccccc1. The second-order valence-corrected chi connectivity index (χ2v) is 3.94. The number of carbonyl (C=O) groups excluding carboxylic acids is 1. The number of amides is 2. The van der Waals surface area contributed by atoms with Crippen LogP contribution in [-0.2, 0) is 0 Å². The van der Waals surface area contributed by atoms with Crippen LogP contribution in [0.5, 0.6) is 11.5 Å². The van der Waals surface area contributed by atoms with Crippen LogP contribution in [0.25, 0.3) is 0 Å². The number of phenols is 2. The van der Waals surface area contributed by atoms with Crippen molar-refractivity contribution < 1.29 is 15.0 Å².